The number of ether oxygens (including phenoxy) is 2. The lowest BCUT2D eigenvalue weighted by molar-refractivity contribution is 0.339. The number of fused-ring (bicyclic) bond motifs is 1. The summed E-state index contributed by atoms with van der Waals surface area (Å²) in [6.45, 7) is 7.46. The Morgan fingerprint density at radius 1 is 1.16 bits per heavy atom. The SMILES string of the molecule is C=C(C)Cn1c(SCCOc2cccc(OC)c2)nc2ccccc21. The van der Waals surface area contributed by atoms with Crippen LogP contribution in [0.4, 0.5) is 0 Å². The Balaban J connectivity index is 1.65. The maximum atomic E-state index is 5.81. The molecular formula is C20H22N2O2S. The number of hydrogen-bond donors (Lipinski definition) is 0. The number of allylic oxidation sites excluding steroid dienone is 1. The largest absolute Gasteiger partial charge is 0.497 e. The van der Waals surface area contributed by atoms with Crippen LogP contribution in [0.15, 0.2) is 65.8 Å². The van der Waals surface area contributed by atoms with Gasteiger partial charge in [-0.25, -0.2) is 4.98 Å². The summed E-state index contributed by atoms with van der Waals surface area (Å²) in [4.78, 5) is 4.75. The van der Waals surface area contributed by atoms with E-state index in [1.165, 1.54) is 0 Å². The van der Waals surface area contributed by atoms with Gasteiger partial charge < -0.3 is 14.0 Å². The summed E-state index contributed by atoms with van der Waals surface area (Å²) in [5, 5.41) is 0.999. The molecule has 0 aliphatic rings. The molecule has 0 saturated heterocycles. The zero-order valence-electron chi connectivity index (χ0n) is 14.6. The van der Waals surface area contributed by atoms with Crippen LogP contribution in [-0.2, 0) is 6.54 Å². The molecule has 0 saturated carbocycles. The molecule has 0 unspecified atom stereocenters. The predicted octanol–water partition coefficient (Wildman–Crippen LogP) is 4.79. The number of aromatic nitrogens is 2. The van der Waals surface area contributed by atoms with Gasteiger partial charge in [-0.15, -0.1) is 0 Å². The van der Waals surface area contributed by atoms with Crippen LogP contribution in [0.1, 0.15) is 6.92 Å². The minimum absolute atomic E-state index is 0.605. The number of para-hydroxylation sites is 2. The summed E-state index contributed by atoms with van der Waals surface area (Å²) >= 11 is 1.70. The first-order chi connectivity index (χ1) is 12.2. The standard InChI is InChI=1S/C20H22N2O2S/c1-15(2)14-22-19-10-5-4-9-18(19)21-20(22)25-12-11-24-17-8-6-7-16(13-17)23-3/h4-10,13H,1,11-12,14H2,2-3H3. The fraction of sp³-hybridized carbons (Fsp3) is 0.250. The molecule has 0 spiro atoms. The van der Waals surface area contributed by atoms with E-state index < -0.39 is 0 Å². The third-order valence-electron chi connectivity index (χ3n) is 3.67. The highest BCUT2D eigenvalue weighted by atomic mass is 32.2. The highest BCUT2D eigenvalue weighted by Gasteiger charge is 2.11. The van der Waals surface area contributed by atoms with Crippen LogP contribution in [0.2, 0.25) is 0 Å². The van der Waals surface area contributed by atoms with Gasteiger partial charge in [-0.3, -0.25) is 0 Å². The van der Waals surface area contributed by atoms with Crippen LogP contribution in [0.5, 0.6) is 11.5 Å². The van der Waals surface area contributed by atoms with E-state index in [1.54, 1.807) is 18.9 Å². The molecule has 0 N–H and O–H groups in total. The van der Waals surface area contributed by atoms with Gasteiger partial charge in [0.2, 0.25) is 0 Å². The maximum absolute atomic E-state index is 5.81. The lowest BCUT2D eigenvalue weighted by atomic mass is 10.3. The van der Waals surface area contributed by atoms with E-state index >= 15 is 0 Å². The van der Waals surface area contributed by atoms with Gasteiger partial charge in [-0.1, -0.05) is 42.1 Å². The molecule has 2 aromatic carbocycles. The molecule has 1 heterocycles. The molecule has 4 nitrogen and oxygen atoms in total. The maximum Gasteiger partial charge on any atom is 0.169 e. The van der Waals surface area contributed by atoms with E-state index in [0.29, 0.717) is 6.61 Å². The fourth-order valence-electron chi connectivity index (χ4n) is 2.57. The lowest BCUT2D eigenvalue weighted by Gasteiger charge is -2.10. The molecule has 1 aromatic heterocycles. The van der Waals surface area contributed by atoms with Gasteiger partial charge in [0.1, 0.15) is 11.5 Å². The van der Waals surface area contributed by atoms with Crippen LogP contribution >= 0.6 is 11.8 Å². The number of imidazole rings is 1. The first kappa shape index (κ1) is 17.4. The minimum atomic E-state index is 0.605. The summed E-state index contributed by atoms with van der Waals surface area (Å²) in [6.07, 6.45) is 0. The molecule has 0 amide bonds. The Kier molecular flexibility index (Phi) is 5.66. The summed E-state index contributed by atoms with van der Waals surface area (Å²) < 4.78 is 13.2. The van der Waals surface area contributed by atoms with Crippen molar-refractivity contribution in [1.82, 2.24) is 9.55 Å². The Morgan fingerprint density at radius 2 is 1.96 bits per heavy atom. The number of thioether (sulfide) groups is 1. The van der Waals surface area contributed by atoms with Crippen molar-refractivity contribution in [3.63, 3.8) is 0 Å². The molecule has 0 bridgehead atoms. The van der Waals surface area contributed by atoms with Crippen LogP contribution in [-0.4, -0.2) is 29.0 Å². The van der Waals surface area contributed by atoms with Gasteiger partial charge in [0, 0.05) is 18.4 Å². The quantitative estimate of drug-likeness (QED) is 0.331. The zero-order chi connectivity index (χ0) is 17.6. The average molecular weight is 354 g/mol. The van der Waals surface area contributed by atoms with Crippen molar-refractivity contribution >= 4 is 22.8 Å². The third-order valence-corrected chi connectivity index (χ3v) is 4.61. The van der Waals surface area contributed by atoms with Gasteiger partial charge in [-0.05, 0) is 31.2 Å². The van der Waals surface area contributed by atoms with Crippen LogP contribution in [0.25, 0.3) is 11.0 Å². The van der Waals surface area contributed by atoms with E-state index in [4.69, 9.17) is 14.5 Å². The summed E-state index contributed by atoms with van der Waals surface area (Å²) in [5.74, 6) is 2.43. The van der Waals surface area contributed by atoms with Crippen molar-refractivity contribution in [2.75, 3.05) is 19.5 Å². The van der Waals surface area contributed by atoms with Crippen molar-refractivity contribution < 1.29 is 9.47 Å². The molecule has 0 fully saturated rings. The second-order valence-corrected chi connectivity index (χ2v) is 6.86. The fourth-order valence-corrected chi connectivity index (χ4v) is 3.40. The molecular weight excluding hydrogens is 332 g/mol. The first-order valence-corrected chi connectivity index (χ1v) is 9.15. The Hall–Kier alpha value is -2.40. The second-order valence-electron chi connectivity index (χ2n) is 5.80. The van der Waals surface area contributed by atoms with Gasteiger partial charge in [0.05, 0.1) is 24.8 Å². The van der Waals surface area contributed by atoms with Crippen LogP contribution in [0.3, 0.4) is 0 Å². The number of methoxy groups -OCH3 is 1. The third kappa shape index (κ3) is 4.37. The topological polar surface area (TPSA) is 36.3 Å². The van der Waals surface area contributed by atoms with Gasteiger partial charge in [0.25, 0.3) is 0 Å². The van der Waals surface area contributed by atoms with Gasteiger partial charge >= 0.3 is 0 Å². The van der Waals surface area contributed by atoms with Crippen molar-refractivity contribution in [3.8, 4) is 11.5 Å². The van der Waals surface area contributed by atoms with E-state index in [9.17, 15) is 0 Å². The molecule has 130 valence electrons. The van der Waals surface area contributed by atoms with Crippen LogP contribution < -0.4 is 9.47 Å². The molecule has 0 aliphatic heterocycles. The normalized spacial score (nSPS) is 10.8. The van der Waals surface area contributed by atoms with Gasteiger partial charge in [-0.2, -0.15) is 0 Å². The lowest BCUT2D eigenvalue weighted by Crippen LogP contribution is -2.04. The highest BCUT2D eigenvalue weighted by Crippen LogP contribution is 2.25. The highest BCUT2D eigenvalue weighted by molar-refractivity contribution is 7.99. The molecule has 0 radical (unpaired) electrons. The van der Waals surface area contributed by atoms with E-state index in [-0.39, 0.29) is 0 Å². The molecule has 0 atom stereocenters. The summed E-state index contributed by atoms with van der Waals surface area (Å²) in [6, 6.07) is 15.9. The van der Waals surface area contributed by atoms with E-state index in [2.05, 4.69) is 17.2 Å². The first-order valence-electron chi connectivity index (χ1n) is 8.16. The molecule has 25 heavy (non-hydrogen) atoms. The Bertz CT molecular complexity index is 873. The minimum Gasteiger partial charge on any atom is -0.497 e. The van der Waals surface area contributed by atoms with Crippen molar-refractivity contribution in [3.05, 3.63) is 60.7 Å². The Labute approximate surface area is 152 Å². The second kappa shape index (κ2) is 8.12. The summed E-state index contributed by atoms with van der Waals surface area (Å²) in [7, 11) is 1.65. The monoisotopic (exact) mass is 354 g/mol. The molecule has 3 rings (SSSR count). The molecule has 3 aromatic rings. The van der Waals surface area contributed by atoms with Gasteiger partial charge in [0.15, 0.2) is 5.16 Å². The molecule has 0 aliphatic carbocycles. The van der Waals surface area contributed by atoms with Crippen molar-refractivity contribution in [2.24, 2.45) is 0 Å². The average Bonchev–Trinajstić information content (AvgIpc) is 2.96. The number of nitrogens with zero attached hydrogens (tertiary/aromatic N) is 2. The zero-order valence-corrected chi connectivity index (χ0v) is 15.4. The van der Waals surface area contributed by atoms with E-state index in [0.717, 1.165) is 45.6 Å². The van der Waals surface area contributed by atoms with Crippen molar-refractivity contribution in [2.45, 2.75) is 18.6 Å². The summed E-state index contributed by atoms with van der Waals surface area (Å²) in [5.41, 5.74) is 3.26. The number of rotatable bonds is 8. The number of hydrogen-bond acceptors (Lipinski definition) is 4. The number of benzene rings is 2. The van der Waals surface area contributed by atoms with Crippen molar-refractivity contribution in [1.29, 1.82) is 0 Å². The van der Waals surface area contributed by atoms with E-state index in [1.807, 2.05) is 49.4 Å². The Morgan fingerprint density at radius 3 is 2.76 bits per heavy atom. The predicted molar refractivity (Wildman–Crippen MR) is 104 cm³/mol. The van der Waals surface area contributed by atoms with Crippen LogP contribution in [0, 0.1) is 0 Å². The molecule has 5 heteroatoms. The smallest absolute Gasteiger partial charge is 0.169 e.